The van der Waals surface area contributed by atoms with Gasteiger partial charge in [0.05, 0.1) is 23.3 Å². The highest BCUT2D eigenvalue weighted by Crippen LogP contribution is 2.36. The second-order valence-corrected chi connectivity index (χ2v) is 6.76. The number of rotatable bonds is 2. The normalized spacial score (nSPS) is 17.2. The van der Waals surface area contributed by atoms with E-state index in [0.717, 1.165) is 49.9 Å². The van der Waals surface area contributed by atoms with Gasteiger partial charge in [-0.1, -0.05) is 12.8 Å². The number of aliphatic hydroxyl groups is 2. The van der Waals surface area contributed by atoms with Gasteiger partial charge in [0.2, 0.25) is 0 Å². The van der Waals surface area contributed by atoms with Crippen LogP contribution in [-0.4, -0.2) is 75.2 Å². The van der Waals surface area contributed by atoms with E-state index in [2.05, 4.69) is 0 Å². The van der Waals surface area contributed by atoms with Crippen LogP contribution in [-0.2, 0) is 0 Å². The van der Waals surface area contributed by atoms with Gasteiger partial charge in [-0.3, -0.25) is 0 Å². The van der Waals surface area contributed by atoms with Gasteiger partial charge in [-0.05, 0) is 37.1 Å². The number of hydrogen-bond acceptors (Lipinski definition) is 10. The molecular weight excluding hydrogens is 432 g/mol. The number of benzene rings is 2. The molecule has 176 valence electrons. The van der Waals surface area contributed by atoms with E-state index in [-0.39, 0.29) is 11.1 Å². The van der Waals surface area contributed by atoms with Gasteiger partial charge in [0.15, 0.2) is 34.5 Å². The second-order valence-electron chi connectivity index (χ2n) is 6.76. The minimum Gasteiger partial charge on any atom is -0.504 e. The van der Waals surface area contributed by atoms with Gasteiger partial charge < -0.3 is 51.1 Å². The van der Waals surface area contributed by atoms with Crippen LogP contribution in [0, 0.1) is 0 Å². The van der Waals surface area contributed by atoms with Gasteiger partial charge in [-0.25, -0.2) is 9.59 Å². The lowest BCUT2D eigenvalue weighted by molar-refractivity contribution is -0.00865. The number of aliphatic hydroxyl groups excluding tert-OH is 2. The predicted molar refractivity (Wildman–Crippen MR) is 107 cm³/mol. The Morgan fingerprint density at radius 3 is 1.03 bits per heavy atom. The third-order valence-electron chi connectivity index (χ3n) is 4.33. The topological polar surface area (TPSA) is 236 Å². The van der Waals surface area contributed by atoms with Crippen LogP contribution in [0.15, 0.2) is 24.3 Å². The average molecular weight is 456 g/mol. The summed E-state index contributed by atoms with van der Waals surface area (Å²) in [6.45, 7) is 0. The number of aromatic hydroxyl groups is 6. The van der Waals surface area contributed by atoms with E-state index in [1.165, 1.54) is 0 Å². The van der Waals surface area contributed by atoms with Crippen molar-refractivity contribution in [3.63, 3.8) is 0 Å². The molecule has 2 atom stereocenters. The van der Waals surface area contributed by atoms with Crippen molar-refractivity contribution in [1.29, 1.82) is 0 Å². The van der Waals surface area contributed by atoms with Crippen LogP contribution in [0.25, 0.3) is 0 Å². The largest absolute Gasteiger partial charge is 0.504 e. The lowest BCUT2D eigenvalue weighted by atomic mass is 9.95. The van der Waals surface area contributed by atoms with Crippen molar-refractivity contribution >= 4 is 11.9 Å². The van der Waals surface area contributed by atoms with Gasteiger partial charge in [-0.2, -0.15) is 0 Å². The molecule has 12 heteroatoms. The highest BCUT2D eigenvalue weighted by molar-refractivity contribution is 5.89. The Labute approximate surface area is 181 Å². The number of carboxylic acid groups (broad SMARTS) is 2. The van der Waals surface area contributed by atoms with E-state index in [4.69, 9.17) is 51.1 Å². The molecule has 0 saturated heterocycles. The first-order chi connectivity index (χ1) is 14.8. The SMILES string of the molecule is O=C(O)c1cc(O)c(O)c(O)c1.O=C(O)c1cc(O)c(O)c(O)c1.O[C@@H]1CCCC[C@@H]1O. The molecule has 0 radical (unpaired) electrons. The van der Waals surface area contributed by atoms with Crippen LogP contribution < -0.4 is 0 Å². The molecule has 0 aliphatic heterocycles. The fourth-order valence-electron chi connectivity index (χ4n) is 2.55. The van der Waals surface area contributed by atoms with Crippen molar-refractivity contribution in [2.75, 3.05) is 0 Å². The van der Waals surface area contributed by atoms with E-state index in [1.807, 2.05) is 0 Å². The summed E-state index contributed by atoms with van der Waals surface area (Å²) in [6.07, 6.45) is 2.81. The Bertz CT molecular complexity index is 832. The molecule has 0 spiro atoms. The van der Waals surface area contributed by atoms with Crippen molar-refractivity contribution < 1.29 is 60.7 Å². The van der Waals surface area contributed by atoms with E-state index in [0.29, 0.717) is 0 Å². The maximum atomic E-state index is 10.3. The Kier molecular flexibility index (Phi) is 9.38. The molecule has 0 aromatic heterocycles. The first kappa shape index (κ1) is 26.1. The zero-order valence-corrected chi connectivity index (χ0v) is 16.6. The number of phenolic OH excluding ortho intramolecular Hbond substituents is 6. The maximum absolute atomic E-state index is 10.3. The predicted octanol–water partition coefficient (Wildman–Crippen LogP) is 1.29. The Morgan fingerprint density at radius 1 is 0.594 bits per heavy atom. The number of carbonyl (C=O) groups is 2. The van der Waals surface area contributed by atoms with Crippen LogP contribution in [0.1, 0.15) is 46.4 Å². The summed E-state index contributed by atoms with van der Waals surface area (Å²) < 4.78 is 0. The van der Waals surface area contributed by atoms with Crippen molar-refractivity contribution in [2.45, 2.75) is 37.9 Å². The average Bonchev–Trinajstić information content (AvgIpc) is 2.72. The molecule has 1 aliphatic carbocycles. The van der Waals surface area contributed by atoms with Crippen LogP contribution in [0.3, 0.4) is 0 Å². The maximum Gasteiger partial charge on any atom is 0.335 e. The van der Waals surface area contributed by atoms with Crippen LogP contribution in [0.5, 0.6) is 34.5 Å². The number of phenols is 6. The fourth-order valence-corrected chi connectivity index (χ4v) is 2.55. The Balaban J connectivity index is 0.000000245. The van der Waals surface area contributed by atoms with Crippen molar-refractivity contribution in [3.05, 3.63) is 35.4 Å². The molecule has 10 N–H and O–H groups in total. The molecule has 0 unspecified atom stereocenters. The number of hydrogen-bond donors (Lipinski definition) is 10. The minimum absolute atomic E-state index is 0.289. The van der Waals surface area contributed by atoms with Crippen molar-refractivity contribution in [3.8, 4) is 34.5 Å². The van der Waals surface area contributed by atoms with Gasteiger partial charge >= 0.3 is 11.9 Å². The molecule has 0 amide bonds. The zero-order valence-electron chi connectivity index (χ0n) is 16.6. The molecule has 2 aromatic carbocycles. The summed E-state index contributed by atoms with van der Waals surface area (Å²) in [7, 11) is 0. The number of aromatic carboxylic acids is 2. The Morgan fingerprint density at radius 2 is 0.844 bits per heavy atom. The van der Waals surface area contributed by atoms with Crippen LogP contribution in [0.2, 0.25) is 0 Å². The summed E-state index contributed by atoms with van der Waals surface area (Å²) in [6, 6.07) is 3.38. The van der Waals surface area contributed by atoms with E-state index in [9.17, 15) is 9.59 Å². The quantitative estimate of drug-likeness (QED) is 0.288. The molecule has 0 bridgehead atoms. The summed E-state index contributed by atoms with van der Waals surface area (Å²) in [5.74, 6) is -6.67. The summed E-state index contributed by atoms with van der Waals surface area (Å²) >= 11 is 0. The monoisotopic (exact) mass is 456 g/mol. The lowest BCUT2D eigenvalue weighted by Gasteiger charge is -2.22. The summed E-state index contributed by atoms with van der Waals surface area (Å²) in [4.78, 5) is 20.6. The molecule has 3 rings (SSSR count). The molecule has 0 heterocycles. The smallest absolute Gasteiger partial charge is 0.335 e. The molecule has 2 aromatic rings. The van der Waals surface area contributed by atoms with Gasteiger partial charge in [0.1, 0.15) is 0 Å². The van der Waals surface area contributed by atoms with Gasteiger partial charge in [-0.15, -0.1) is 0 Å². The number of carboxylic acids is 2. The molecule has 12 nitrogen and oxygen atoms in total. The molecule has 1 aliphatic rings. The summed E-state index contributed by atoms with van der Waals surface area (Å²) in [5.41, 5.74) is -0.578. The molecular formula is C20H24O12. The first-order valence-electron chi connectivity index (χ1n) is 9.17. The third kappa shape index (κ3) is 7.41. The molecule has 1 fully saturated rings. The van der Waals surface area contributed by atoms with Gasteiger partial charge in [0.25, 0.3) is 0 Å². The third-order valence-corrected chi connectivity index (χ3v) is 4.33. The second kappa shape index (κ2) is 11.5. The standard InChI is InChI=1S/2C7H6O5.C6H12O2/c2*8-4-1-3(7(11)12)2-5(9)6(4)10;7-5-3-1-2-4-6(5)8/h2*1-2,8-10H,(H,11,12);5-8H,1-4H2/t;;5-,6+. The van der Waals surface area contributed by atoms with E-state index >= 15 is 0 Å². The first-order valence-corrected chi connectivity index (χ1v) is 9.17. The summed E-state index contributed by atoms with van der Waals surface area (Å²) in [5, 5.41) is 87.8. The highest BCUT2D eigenvalue weighted by Gasteiger charge is 2.19. The van der Waals surface area contributed by atoms with Crippen LogP contribution >= 0.6 is 0 Å². The molecule has 1 saturated carbocycles. The molecule has 32 heavy (non-hydrogen) atoms. The zero-order chi connectivity index (χ0) is 24.6. The van der Waals surface area contributed by atoms with Gasteiger partial charge in [0, 0.05) is 0 Å². The minimum atomic E-state index is -1.29. The van der Waals surface area contributed by atoms with Crippen molar-refractivity contribution in [1.82, 2.24) is 0 Å². The highest BCUT2D eigenvalue weighted by atomic mass is 16.4. The van der Waals surface area contributed by atoms with Crippen LogP contribution in [0.4, 0.5) is 0 Å². The van der Waals surface area contributed by atoms with E-state index < -0.39 is 58.6 Å². The lowest BCUT2D eigenvalue weighted by Crippen LogP contribution is -2.28. The van der Waals surface area contributed by atoms with E-state index in [1.54, 1.807) is 0 Å². The van der Waals surface area contributed by atoms with Crippen molar-refractivity contribution in [2.24, 2.45) is 0 Å². The fraction of sp³-hybridized carbons (Fsp3) is 0.300. The Hall–Kier alpha value is -3.90.